The van der Waals surface area contributed by atoms with Crippen molar-refractivity contribution in [1.82, 2.24) is 0 Å². The van der Waals surface area contributed by atoms with Crippen LogP contribution in [-0.4, -0.2) is 20.2 Å². The minimum absolute atomic E-state index is 0.599. The van der Waals surface area contributed by atoms with Crippen LogP contribution in [0.2, 0.25) is 0 Å². The van der Waals surface area contributed by atoms with Crippen LogP contribution in [0.3, 0.4) is 0 Å². The summed E-state index contributed by atoms with van der Waals surface area (Å²) >= 11 is 0. The molecular formula is C6H5NO5. The van der Waals surface area contributed by atoms with Crippen molar-refractivity contribution in [3.05, 3.63) is 22.2 Å². The molecule has 0 aliphatic carbocycles. The third-order valence-electron chi connectivity index (χ3n) is 1.27. The van der Waals surface area contributed by atoms with E-state index in [1.54, 1.807) is 0 Å². The van der Waals surface area contributed by atoms with E-state index in [0.717, 1.165) is 0 Å². The first-order valence-corrected chi connectivity index (χ1v) is 2.91. The minimum Gasteiger partial charge on any atom is -0.504 e. The van der Waals surface area contributed by atoms with Crippen LogP contribution < -0.4 is 0 Å². The number of phenolic OH excluding ortho intramolecular Hbond substituents is 3. The first-order valence-electron chi connectivity index (χ1n) is 2.91. The van der Waals surface area contributed by atoms with Crippen molar-refractivity contribution in [2.24, 2.45) is 0 Å². The van der Waals surface area contributed by atoms with E-state index in [1.807, 2.05) is 0 Å². The van der Waals surface area contributed by atoms with Gasteiger partial charge in [-0.05, 0) is 0 Å². The Morgan fingerprint density at radius 3 is 2.08 bits per heavy atom. The molecule has 6 nitrogen and oxygen atoms in total. The zero-order chi connectivity index (χ0) is 9.30. The number of nitro groups is 1. The molecule has 0 bridgehead atoms. The average molecular weight is 171 g/mol. The van der Waals surface area contributed by atoms with Crippen LogP contribution in [0.1, 0.15) is 0 Å². The van der Waals surface area contributed by atoms with Gasteiger partial charge in [0.05, 0.1) is 11.0 Å². The van der Waals surface area contributed by atoms with Gasteiger partial charge in [0.25, 0.3) is 0 Å². The van der Waals surface area contributed by atoms with Crippen LogP contribution in [0.25, 0.3) is 0 Å². The fourth-order valence-corrected chi connectivity index (χ4v) is 0.701. The highest BCUT2D eigenvalue weighted by Crippen LogP contribution is 2.36. The summed E-state index contributed by atoms with van der Waals surface area (Å²) in [6.45, 7) is 0. The van der Waals surface area contributed by atoms with E-state index < -0.39 is 27.9 Å². The third kappa shape index (κ3) is 1.22. The van der Waals surface area contributed by atoms with Crippen molar-refractivity contribution in [3.63, 3.8) is 0 Å². The molecule has 0 aliphatic rings. The van der Waals surface area contributed by atoms with Crippen LogP contribution in [0.4, 0.5) is 5.69 Å². The summed E-state index contributed by atoms with van der Waals surface area (Å²) in [5.74, 6) is -1.92. The molecule has 64 valence electrons. The Bertz CT molecular complexity index is 335. The number of hydrogen-bond donors (Lipinski definition) is 3. The van der Waals surface area contributed by atoms with E-state index in [9.17, 15) is 10.1 Å². The summed E-state index contributed by atoms with van der Waals surface area (Å²) in [5.41, 5.74) is -0.648. The SMILES string of the molecule is O=[N+]([O-])c1cc(O)c(O)cc1O. The van der Waals surface area contributed by atoms with E-state index in [-0.39, 0.29) is 0 Å². The molecule has 1 aromatic carbocycles. The van der Waals surface area contributed by atoms with Gasteiger partial charge in [0.2, 0.25) is 0 Å². The molecule has 1 rings (SSSR count). The Kier molecular flexibility index (Phi) is 1.74. The monoisotopic (exact) mass is 171 g/mol. The second kappa shape index (κ2) is 2.57. The molecule has 0 saturated heterocycles. The highest BCUT2D eigenvalue weighted by atomic mass is 16.6. The van der Waals surface area contributed by atoms with Gasteiger partial charge in [0.15, 0.2) is 17.2 Å². The van der Waals surface area contributed by atoms with Gasteiger partial charge in [0.1, 0.15) is 0 Å². The summed E-state index contributed by atoms with van der Waals surface area (Å²) < 4.78 is 0. The molecule has 1 aromatic rings. The summed E-state index contributed by atoms with van der Waals surface area (Å²) in [7, 11) is 0. The van der Waals surface area contributed by atoms with E-state index >= 15 is 0 Å². The molecule has 0 fully saturated rings. The topological polar surface area (TPSA) is 104 Å². The van der Waals surface area contributed by atoms with Crippen LogP contribution in [0.5, 0.6) is 17.2 Å². The van der Waals surface area contributed by atoms with Crippen LogP contribution in [0.15, 0.2) is 12.1 Å². The Morgan fingerprint density at radius 1 is 1.08 bits per heavy atom. The minimum atomic E-state index is -0.867. The van der Waals surface area contributed by atoms with Crippen molar-refractivity contribution >= 4 is 5.69 Å². The van der Waals surface area contributed by atoms with Crippen molar-refractivity contribution in [1.29, 1.82) is 0 Å². The molecule has 0 amide bonds. The van der Waals surface area contributed by atoms with Crippen molar-refractivity contribution < 1.29 is 20.2 Å². The van der Waals surface area contributed by atoms with Gasteiger partial charge < -0.3 is 15.3 Å². The van der Waals surface area contributed by atoms with Gasteiger partial charge in [-0.25, -0.2) is 0 Å². The first-order chi connectivity index (χ1) is 5.52. The predicted molar refractivity (Wildman–Crippen MR) is 38.1 cm³/mol. The Morgan fingerprint density at radius 2 is 1.58 bits per heavy atom. The number of phenols is 3. The number of hydrogen-bond acceptors (Lipinski definition) is 5. The summed E-state index contributed by atoms with van der Waals surface area (Å²) in [6.07, 6.45) is 0. The molecule has 0 saturated carbocycles. The quantitative estimate of drug-likeness (QED) is 0.250. The Labute approximate surface area is 66.5 Å². The summed E-state index contributed by atoms with van der Waals surface area (Å²) in [5, 5.41) is 36.6. The van der Waals surface area contributed by atoms with Gasteiger partial charge in [-0.15, -0.1) is 0 Å². The maximum atomic E-state index is 10.1. The highest BCUT2D eigenvalue weighted by molar-refractivity contribution is 5.56. The molecule has 0 aromatic heterocycles. The molecule has 0 heterocycles. The number of rotatable bonds is 1. The lowest BCUT2D eigenvalue weighted by Gasteiger charge is -1.98. The van der Waals surface area contributed by atoms with Gasteiger partial charge in [-0.2, -0.15) is 0 Å². The molecule has 0 aliphatic heterocycles. The zero-order valence-electron chi connectivity index (χ0n) is 5.76. The molecule has 6 heteroatoms. The third-order valence-corrected chi connectivity index (χ3v) is 1.27. The van der Waals surface area contributed by atoms with Crippen LogP contribution in [0, 0.1) is 10.1 Å². The second-order valence-electron chi connectivity index (χ2n) is 2.09. The Balaban J connectivity index is 3.33. The first kappa shape index (κ1) is 8.12. The van der Waals surface area contributed by atoms with E-state index in [1.165, 1.54) is 0 Å². The zero-order valence-corrected chi connectivity index (χ0v) is 5.76. The molecule has 0 spiro atoms. The van der Waals surface area contributed by atoms with Gasteiger partial charge in [-0.3, -0.25) is 10.1 Å². The average Bonchev–Trinajstić information content (AvgIpc) is 1.96. The lowest BCUT2D eigenvalue weighted by Crippen LogP contribution is -1.87. The number of nitro benzene ring substituents is 1. The molecule has 12 heavy (non-hydrogen) atoms. The van der Waals surface area contributed by atoms with Gasteiger partial charge >= 0.3 is 5.69 Å². The normalized spacial score (nSPS) is 9.67. The fourth-order valence-electron chi connectivity index (χ4n) is 0.701. The van der Waals surface area contributed by atoms with E-state index in [0.29, 0.717) is 12.1 Å². The number of nitrogens with zero attached hydrogens (tertiary/aromatic N) is 1. The molecule has 0 unspecified atom stereocenters. The fraction of sp³-hybridized carbons (Fsp3) is 0. The highest BCUT2D eigenvalue weighted by Gasteiger charge is 2.16. The van der Waals surface area contributed by atoms with E-state index in [2.05, 4.69) is 0 Å². The van der Waals surface area contributed by atoms with Crippen molar-refractivity contribution in [2.75, 3.05) is 0 Å². The van der Waals surface area contributed by atoms with Crippen LogP contribution in [-0.2, 0) is 0 Å². The summed E-state index contributed by atoms with van der Waals surface area (Å²) in [6, 6.07) is 1.37. The predicted octanol–water partition coefficient (Wildman–Crippen LogP) is 0.712. The summed E-state index contributed by atoms with van der Waals surface area (Å²) in [4.78, 5) is 9.27. The smallest absolute Gasteiger partial charge is 0.314 e. The number of aromatic hydroxyl groups is 3. The Hall–Kier alpha value is -1.98. The maximum Gasteiger partial charge on any atom is 0.314 e. The number of benzene rings is 1. The van der Waals surface area contributed by atoms with E-state index in [4.69, 9.17) is 15.3 Å². The van der Waals surface area contributed by atoms with Gasteiger partial charge in [-0.1, -0.05) is 0 Å². The maximum absolute atomic E-state index is 10.1. The standard InChI is InChI=1S/C6H5NO5/c8-4-2-6(10)5(9)1-3(4)7(11)12/h1-2,8-10H. The van der Waals surface area contributed by atoms with Crippen molar-refractivity contribution in [3.8, 4) is 17.2 Å². The van der Waals surface area contributed by atoms with Crippen molar-refractivity contribution in [2.45, 2.75) is 0 Å². The van der Waals surface area contributed by atoms with Crippen LogP contribution >= 0.6 is 0 Å². The molecular weight excluding hydrogens is 166 g/mol. The lowest BCUT2D eigenvalue weighted by atomic mass is 10.2. The van der Waals surface area contributed by atoms with Gasteiger partial charge in [0, 0.05) is 6.07 Å². The second-order valence-corrected chi connectivity index (χ2v) is 2.09. The lowest BCUT2D eigenvalue weighted by molar-refractivity contribution is -0.386. The largest absolute Gasteiger partial charge is 0.504 e. The molecule has 0 atom stereocenters. The molecule has 3 N–H and O–H groups in total. The molecule has 0 radical (unpaired) electrons.